The third kappa shape index (κ3) is 5.47. The van der Waals surface area contributed by atoms with E-state index in [0.717, 1.165) is 16.7 Å². The number of esters is 1. The van der Waals surface area contributed by atoms with Crippen LogP contribution >= 0.6 is 0 Å². The van der Waals surface area contributed by atoms with Gasteiger partial charge in [-0.15, -0.1) is 0 Å². The minimum atomic E-state index is -0.740. The largest absolute Gasteiger partial charge is 0.492 e. The summed E-state index contributed by atoms with van der Waals surface area (Å²) in [4.78, 5) is 11.7. The van der Waals surface area contributed by atoms with Gasteiger partial charge in [0.25, 0.3) is 0 Å². The lowest BCUT2D eigenvalue weighted by atomic mass is 9.88. The zero-order valence-corrected chi connectivity index (χ0v) is 18.5. The van der Waals surface area contributed by atoms with E-state index in [1.54, 1.807) is 18.2 Å². The number of carbonyl (C=O) groups excluding carboxylic acids is 1. The number of hydrogen-bond donors (Lipinski definition) is 2. The molecule has 172 valence electrons. The molecule has 3 rings (SSSR count). The van der Waals surface area contributed by atoms with Crippen LogP contribution in [0.1, 0.15) is 43.7 Å². The summed E-state index contributed by atoms with van der Waals surface area (Å²) in [5, 5.41) is 19.2. The summed E-state index contributed by atoms with van der Waals surface area (Å²) in [6.07, 6.45) is 2.62. The fourth-order valence-electron chi connectivity index (χ4n) is 3.83. The van der Waals surface area contributed by atoms with Gasteiger partial charge in [-0.3, -0.25) is 4.79 Å². The molecule has 2 aromatic carbocycles. The number of hydrogen-bond acceptors (Lipinski definition) is 6. The van der Waals surface area contributed by atoms with Gasteiger partial charge in [0.2, 0.25) is 0 Å². The van der Waals surface area contributed by atoms with Crippen LogP contribution in [0, 0.1) is 5.82 Å². The molecule has 1 heterocycles. The number of rotatable bonds is 8. The first-order chi connectivity index (χ1) is 15.3. The molecule has 7 heteroatoms. The van der Waals surface area contributed by atoms with Gasteiger partial charge in [0.15, 0.2) is 11.5 Å². The first-order valence-electron chi connectivity index (χ1n) is 10.6. The third-order valence-electron chi connectivity index (χ3n) is 5.29. The van der Waals surface area contributed by atoms with E-state index in [1.165, 1.54) is 19.2 Å². The molecule has 1 aliphatic rings. The van der Waals surface area contributed by atoms with Crippen LogP contribution in [0.5, 0.6) is 11.5 Å². The molecule has 0 spiro atoms. The van der Waals surface area contributed by atoms with Crippen LogP contribution in [0.2, 0.25) is 0 Å². The fourth-order valence-corrected chi connectivity index (χ4v) is 3.83. The maximum atomic E-state index is 13.6. The quantitative estimate of drug-likeness (QED) is 0.597. The Labute approximate surface area is 187 Å². The standard InChI is InChI=1S/C25H29FO6/c1-15(2)21-14-22(31-11-10-27)25(30-3)24(16-4-6-17(26)7-5-16)20(21)9-8-19-12-18(28)13-23(29)32-19/h4-9,14-15,18-19,27-28H,10-13H2,1-3H3/b9-8+. The summed E-state index contributed by atoms with van der Waals surface area (Å²) in [6, 6.07) is 7.94. The van der Waals surface area contributed by atoms with Crippen molar-refractivity contribution in [1.29, 1.82) is 0 Å². The van der Waals surface area contributed by atoms with Gasteiger partial charge in [0.05, 0.1) is 26.2 Å². The number of carbonyl (C=O) groups is 1. The van der Waals surface area contributed by atoms with E-state index >= 15 is 0 Å². The van der Waals surface area contributed by atoms with Crippen molar-refractivity contribution in [3.8, 4) is 22.6 Å². The van der Waals surface area contributed by atoms with Crippen molar-refractivity contribution in [2.75, 3.05) is 20.3 Å². The zero-order chi connectivity index (χ0) is 23.3. The topological polar surface area (TPSA) is 85.2 Å². The van der Waals surface area contributed by atoms with E-state index in [4.69, 9.17) is 14.2 Å². The number of methoxy groups -OCH3 is 1. The van der Waals surface area contributed by atoms with E-state index in [9.17, 15) is 19.4 Å². The Kier molecular flexibility index (Phi) is 7.88. The Morgan fingerprint density at radius 2 is 2.00 bits per heavy atom. The molecule has 0 amide bonds. The van der Waals surface area contributed by atoms with Crippen molar-refractivity contribution in [2.24, 2.45) is 0 Å². The van der Waals surface area contributed by atoms with Crippen LogP contribution in [-0.4, -0.2) is 48.7 Å². The van der Waals surface area contributed by atoms with Crippen molar-refractivity contribution in [3.63, 3.8) is 0 Å². The molecule has 1 aliphatic heterocycles. The van der Waals surface area contributed by atoms with Crippen molar-refractivity contribution >= 4 is 12.0 Å². The fraction of sp³-hybridized carbons (Fsp3) is 0.400. The summed E-state index contributed by atoms with van der Waals surface area (Å²) in [5.41, 5.74) is 3.18. The molecule has 6 nitrogen and oxygen atoms in total. The molecule has 1 saturated heterocycles. The van der Waals surface area contributed by atoms with Gasteiger partial charge in [-0.25, -0.2) is 4.39 Å². The van der Waals surface area contributed by atoms with Gasteiger partial charge in [0.1, 0.15) is 18.5 Å². The van der Waals surface area contributed by atoms with Crippen LogP contribution in [-0.2, 0) is 9.53 Å². The summed E-state index contributed by atoms with van der Waals surface area (Å²) in [7, 11) is 1.52. The lowest BCUT2D eigenvalue weighted by molar-refractivity contribution is -0.156. The summed E-state index contributed by atoms with van der Waals surface area (Å²) in [6.45, 7) is 4.02. The number of aliphatic hydroxyl groups excluding tert-OH is 2. The highest BCUT2D eigenvalue weighted by atomic mass is 19.1. The Balaban J connectivity index is 2.19. The SMILES string of the molecule is COc1c(OCCO)cc(C(C)C)c(/C=C/C2CC(O)CC(=O)O2)c1-c1ccc(F)cc1. The average Bonchev–Trinajstić information content (AvgIpc) is 2.75. The van der Waals surface area contributed by atoms with Gasteiger partial charge >= 0.3 is 5.97 Å². The molecule has 2 atom stereocenters. The van der Waals surface area contributed by atoms with Gasteiger partial charge in [-0.2, -0.15) is 0 Å². The molecule has 32 heavy (non-hydrogen) atoms. The highest BCUT2D eigenvalue weighted by Crippen LogP contribution is 2.45. The van der Waals surface area contributed by atoms with Crippen molar-refractivity contribution in [3.05, 3.63) is 53.4 Å². The number of halogens is 1. The highest BCUT2D eigenvalue weighted by molar-refractivity contribution is 5.85. The molecule has 2 unspecified atom stereocenters. The van der Waals surface area contributed by atoms with E-state index in [2.05, 4.69) is 0 Å². The minimum Gasteiger partial charge on any atom is -0.492 e. The summed E-state index contributed by atoms with van der Waals surface area (Å²) in [5.74, 6) is 0.225. The Morgan fingerprint density at radius 3 is 2.59 bits per heavy atom. The number of ether oxygens (including phenoxy) is 3. The van der Waals surface area contributed by atoms with Crippen LogP contribution in [0.3, 0.4) is 0 Å². The van der Waals surface area contributed by atoms with Gasteiger partial charge < -0.3 is 24.4 Å². The van der Waals surface area contributed by atoms with Crippen molar-refractivity contribution < 1.29 is 33.6 Å². The van der Waals surface area contributed by atoms with Gasteiger partial charge in [-0.1, -0.05) is 32.1 Å². The Bertz CT molecular complexity index is 967. The normalized spacial score (nSPS) is 18.8. The first kappa shape index (κ1) is 23.8. The van der Waals surface area contributed by atoms with E-state index in [-0.39, 0.29) is 31.4 Å². The van der Waals surface area contributed by atoms with E-state index in [0.29, 0.717) is 23.5 Å². The molecule has 0 saturated carbocycles. The van der Waals surface area contributed by atoms with Crippen LogP contribution in [0.15, 0.2) is 36.4 Å². The van der Waals surface area contributed by atoms with Crippen molar-refractivity contribution in [1.82, 2.24) is 0 Å². The smallest absolute Gasteiger partial charge is 0.309 e. The molecule has 0 aliphatic carbocycles. The van der Waals surface area contributed by atoms with Crippen LogP contribution < -0.4 is 9.47 Å². The van der Waals surface area contributed by atoms with E-state index < -0.39 is 18.2 Å². The second kappa shape index (κ2) is 10.6. The second-order valence-corrected chi connectivity index (χ2v) is 8.00. The molecule has 0 aromatic heterocycles. The van der Waals surface area contributed by atoms with E-state index in [1.807, 2.05) is 26.0 Å². The third-order valence-corrected chi connectivity index (χ3v) is 5.29. The molecule has 2 aromatic rings. The molecule has 0 bridgehead atoms. The first-order valence-corrected chi connectivity index (χ1v) is 10.6. The lowest BCUT2D eigenvalue weighted by Gasteiger charge is -2.25. The Morgan fingerprint density at radius 1 is 1.28 bits per heavy atom. The second-order valence-electron chi connectivity index (χ2n) is 8.00. The number of cyclic esters (lactones) is 1. The molecular formula is C25H29FO6. The number of aliphatic hydroxyl groups is 2. The maximum absolute atomic E-state index is 13.6. The molecular weight excluding hydrogens is 415 g/mol. The molecule has 0 radical (unpaired) electrons. The zero-order valence-electron chi connectivity index (χ0n) is 18.5. The van der Waals surface area contributed by atoms with Crippen LogP contribution in [0.25, 0.3) is 17.2 Å². The van der Waals surface area contributed by atoms with Gasteiger partial charge in [-0.05, 0) is 46.9 Å². The van der Waals surface area contributed by atoms with Crippen LogP contribution in [0.4, 0.5) is 4.39 Å². The molecule has 1 fully saturated rings. The predicted octanol–water partition coefficient (Wildman–Crippen LogP) is 4.08. The van der Waals surface area contributed by atoms with Gasteiger partial charge in [0, 0.05) is 12.0 Å². The maximum Gasteiger partial charge on any atom is 0.309 e. The highest BCUT2D eigenvalue weighted by Gasteiger charge is 2.26. The van der Waals surface area contributed by atoms with Crippen molar-refractivity contribution in [2.45, 2.75) is 44.8 Å². The summed E-state index contributed by atoms with van der Waals surface area (Å²) >= 11 is 0. The summed E-state index contributed by atoms with van der Waals surface area (Å²) < 4.78 is 30.4. The Hall–Kier alpha value is -2.90. The average molecular weight is 444 g/mol. The number of benzene rings is 2. The predicted molar refractivity (Wildman–Crippen MR) is 119 cm³/mol. The minimum absolute atomic E-state index is 0.00682. The monoisotopic (exact) mass is 444 g/mol. The lowest BCUT2D eigenvalue weighted by Crippen LogP contribution is -2.31. The molecule has 2 N–H and O–H groups in total.